The molecule has 1 heterocycles. The van der Waals surface area contributed by atoms with Crippen molar-refractivity contribution in [2.24, 2.45) is 0 Å². The number of carbonyl (C=O) groups excluding carboxylic acids is 1. The molecule has 0 unspecified atom stereocenters. The molecule has 1 N–H and O–H groups in total. The Hall–Kier alpha value is -3.29. The Labute approximate surface area is 143 Å². The van der Waals surface area contributed by atoms with Crippen LogP contribution in [0.3, 0.4) is 0 Å². The minimum Gasteiger partial charge on any atom is -0.494 e. The van der Waals surface area contributed by atoms with Crippen LogP contribution in [0.4, 0.5) is 10.1 Å². The third-order valence-electron chi connectivity index (χ3n) is 3.63. The number of nitrogens with one attached hydrogen (secondary N) is 1. The Morgan fingerprint density at radius 2 is 2.12 bits per heavy atom. The first-order valence-corrected chi connectivity index (χ1v) is 7.62. The Kier molecular flexibility index (Phi) is 4.98. The topological polar surface area (TPSA) is 81.9 Å². The van der Waals surface area contributed by atoms with Crippen molar-refractivity contribution in [3.63, 3.8) is 0 Å². The Bertz CT molecular complexity index is 867. The summed E-state index contributed by atoms with van der Waals surface area (Å²) in [7, 11) is 1.41. The number of halogens is 1. The van der Waals surface area contributed by atoms with E-state index < -0.39 is 5.82 Å². The van der Waals surface area contributed by atoms with Crippen LogP contribution in [0.25, 0.3) is 5.69 Å². The molecule has 7 nitrogen and oxygen atoms in total. The standard InChI is InChI=1S/C17H16FN5O2/c1-25-15-7-2-4-12(17(15)18)8-9-16(24)20-13-5-3-6-14(10-13)23-11-19-21-22-23/h2-7,10-11H,8-9H2,1H3,(H,20,24). The van der Waals surface area contributed by atoms with Gasteiger partial charge in [-0.1, -0.05) is 18.2 Å². The fourth-order valence-corrected chi connectivity index (χ4v) is 2.38. The summed E-state index contributed by atoms with van der Waals surface area (Å²) in [6, 6.07) is 12.0. The first-order chi connectivity index (χ1) is 12.2. The summed E-state index contributed by atoms with van der Waals surface area (Å²) < 4.78 is 20.5. The van der Waals surface area contributed by atoms with Gasteiger partial charge in [-0.25, -0.2) is 9.07 Å². The monoisotopic (exact) mass is 341 g/mol. The molecule has 0 spiro atoms. The number of benzene rings is 2. The first kappa shape index (κ1) is 16.6. The van der Waals surface area contributed by atoms with Crippen LogP contribution in [0.5, 0.6) is 5.75 Å². The van der Waals surface area contributed by atoms with E-state index >= 15 is 0 Å². The van der Waals surface area contributed by atoms with E-state index in [2.05, 4.69) is 20.8 Å². The molecule has 25 heavy (non-hydrogen) atoms. The summed E-state index contributed by atoms with van der Waals surface area (Å²) in [5, 5.41) is 13.7. The number of aromatic nitrogens is 4. The number of carbonyl (C=O) groups is 1. The summed E-state index contributed by atoms with van der Waals surface area (Å²) in [6.07, 6.45) is 1.90. The molecule has 0 fully saturated rings. The fourth-order valence-electron chi connectivity index (χ4n) is 2.38. The molecule has 0 radical (unpaired) electrons. The van der Waals surface area contributed by atoms with Gasteiger partial charge in [-0.3, -0.25) is 4.79 Å². The summed E-state index contributed by atoms with van der Waals surface area (Å²) in [6.45, 7) is 0. The number of amides is 1. The average Bonchev–Trinajstić information content (AvgIpc) is 3.16. The van der Waals surface area contributed by atoms with Crippen LogP contribution >= 0.6 is 0 Å². The highest BCUT2D eigenvalue weighted by Gasteiger charge is 2.11. The van der Waals surface area contributed by atoms with E-state index in [1.165, 1.54) is 18.1 Å². The molecule has 0 aliphatic rings. The molecule has 128 valence electrons. The number of rotatable bonds is 6. The second kappa shape index (κ2) is 7.52. The van der Waals surface area contributed by atoms with Crippen molar-refractivity contribution in [2.75, 3.05) is 12.4 Å². The first-order valence-electron chi connectivity index (χ1n) is 7.62. The summed E-state index contributed by atoms with van der Waals surface area (Å²) in [5.41, 5.74) is 1.78. The molecule has 0 bridgehead atoms. The quantitative estimate of drug-likeness (QED) is 0.744. The van der Waals surface area contributed by atoms with Gasteiger partial charge in [0.05, 0.1) is 12.8 Å². The van der Waals surface area contributed by atoms with Crippen molar-refractivity contribution < 1.29 is 13.9 Å². The maximum atomic E-state index is 14.1. The van der Waals surface area contributed by atoms with Gasteiger partial charge in [0.1, 0.15) is 6.33 Å². The van der Waals surface area contributed by atoms with Gasteiger partial charge in [0.15, 0.2) is 11.6 Å². The molecule has 8 heteroatoms. The largest absolute Gasteiger partial charge is 0.494 e. The van der Waals surface area contributed by atoms with Crippen molar-refractivity contribution in [3.8, 4) is 11.4 Å². The van der Waals surface area contributed by atoms with E-state index in [0.717, 1.165) is 5.69 Å². The van der Waals surface area contributed by atoms with Crippen LogP contribution in [0, 0.1) is 5.82 Å². The number of hydrogen-bond acceptors (Lipinski definition) is 5. The maximum Gasteiger partial charge on any atom is 0.224 e. The van der Waals surface area contributed by atoms with Gasteiger partial charge in [0.2, 0.25) is 5.91 Å². The van der Waals surface area contributed by atoms with Gasteiger partial charge in [0.25, 0.3) is 0 Å². The zero-order valence-corrected chi connectivity index (χ0v) is 13.5. The lowest BCUT2D eigenvalue weighted by Crippen LogP contribution is -2.13. The van der Waals surface area contributed by atoms with Crippen LogP contribution in [-0.4, -0.2) is 33.2 Å². The van der Waals surface area contributed by atoms with Crippen LogP contribution in [-0.2, 0) is 11.2 Å². The lowest BCUT2D eigenvalue weighted by molar-refractivity contribution is -0.116. The van der Waals surface area contributed by atoms with Crippen LogP contribution in [0.2, 0.25) is 0 Å². The molecule has 3 aromatic rings. The average molecular weight is 341 g/mol. The van der Waals surface area contributed by atoms with E-state index in [4.69, 9.17) is 4.74 Å². The summed E-state index contributed by atoms with van der Waals surface area (Å²) in [4.78, 5) is 12.1. The lowest BCUT2D eigenvalue weighted by atomic mass is 10.1. The summed E-state index contributed by atoms with van der Waals surface area (Å²) in [5.74, 6) is -0.471. The molecule has 1 aromatic heterocycles. The minimum absolute atomic E-state index is 0.152. The zero-order chi connectivity index (χ0) is 17.6. The Morgan fingerprint density at radius 3 is 2.88 bits per heavy atom. The minimum atomic E-state index is -0.432. The molecule has 0 saturated heterocycles. The van der Waals surface area contributed by atoms with E-state index in [1.54, 1.807) is 36.4 Å². The number of aryl methyl sites for hydroxylation is 1. The molecular formula is C17H16FN5O2. The smallest absolute Gasteiger partial charge is 0.224 e. The van der Waals surface area contributed by atoms with Crippen LogP contribution in [0.1, 0.15) is 12.0 Å². The molecule has 0 saturated carbocycles. The third kappa shape index (κ3) is 3.97. The molecular weight excluding hydrogens is 325 g/mol. The molecule has 0 atom stereocenters. The third-order valence-corrected chi connectivity index (χ3v) is 3.63. The highest BCUT2D eigenvalue weighted by Crippen LogP contribution is 2.21. The number of anilines is 1. The van der Waals surface area contributed by atoms with Crippen molar-refractivity contribution in [1.29, 1.82) is 0 Å². The van der Waals surface area contributed by atoms with Crippen molar-refractivity contribution >= 4 is 11.6 Å². The van der Waals surface area contributed by atoms with E-state index in [1.807, 2.05) is 6.07 Å². The van der Waals surface area contributed by atoms with Gasteiger partial charge in [0, 0.05) is 12.1 Å². The van der Waals surface area contributed by atoms with E-state index in [9.17, 15) is 9.18 Å². The normalized spacial score (nSPS) is 10.5. The van der Waals surface area contributed by atoms with Crippen molar-refractivity contribution in [1.82, 2.24) is 20.2 Å². The van der Waals surface area contributed by atoms with Crippen LogP contribution in [0.15, 0.2) is 48.8 Å². The molecule has 1 amide bonds. The predicted octanol–water partition coefficient (Wildman–Crippen LogP) is 2.38. The molecule has 0 aliphatic carbocycles. The van der Waals surface area contributed by atoms with Gasteiger partial charge >= 0.3 is 0 Å². The Morgan fingerprint density at radius 1 is 1.28 bits per heavy atom. The second-order valence-corrected chi connectivity index (χ2v) is 5.29. The molecule has 3 rings (SSSR count). The van der Waals surface area contributed by atoms with Gasteiger partial charge in [-0.15, -0.1) is 5.10 Å². The fraction of sp³-hybridized carbons (Fsp3) is 0.176. The van der Waals surface area contributed by atoms with Crippen LogP contribution < -0.4 is 10.1 Å². The lowest BCUT2D eigenvalue weighted by Gasteiger charge is -2.09. The zero-order valence-electron chi connectivity index (χ0n) is 13.5. The SMILES string of the molecule is COc1cccc(CCC(=O)Nc2cccc(-n3cnnn3)c2)c1F. The number of tetrazole rings is 1. The highest BCUT2D eigenvalue weighted by molar-refractivity contribution is 5.91. The van der Waals surface area contributed by atoms with Crippen molar-refractivity contribution in [3.05, 3.63) is 60.2 Å². The molecule has 2 aromatic carbocycles. The number of hydrogen-bond donors (Lipinski definition) is 1. The van der Waals surface area contributed by atoms with Crippen molar-refractivity contribution in [2.45, 2.75) is 12.8 Å². The molecule has 0 aliphatic heterocycles. The number of nitrogens with zero attached hydrogens (tertiary/aromatic N) is 4. The van der Waals surface area contributed by atoms with E-state index in [-0.39, 0.29) is 24.5 Å². The Balaban J connectivity index is 1.63. The van der Waals surface area contributed by atoms with Gasteiger partial charge in [-0.2, -0.15) is 0 Å². The predicted molar refractivity (Wildman–Crippen MR) is 89.1 cm³/mol. The number of ether oxygens (including phenoxy) is 1. The highest BCUT2D eigenvalue weighted by atomic mass is 19.1. The maximum absolute atomic E-state index is 14.1. The summed E-state index contributed by atoms with van der Waals surface area (Å²) >= 11 is 0. The second-order valence-electron chi connectivity index (χ2n) is 5.29. The number of methoxy groups -OCH3 is 1. The van der Waals surface area contributed by atoms with Gasteiger partial charge in [-0.05, 0) is 46.7 Å². The van der Waals surface area contributed by atoms with Gasteiger partial charge < -0.3 is 10.1 Å². The van der Waals surface area contributed by atoms with E-state index in [0.29, 0.717) is 11.3 Å².